The van der Waals surface area contributed by atoms with Crippen LogP contribution in [-0.2, 0) is 22.9 Å². The Balaban J connectivity index is 1.47. The molecule has 0 bridgehead atoms. The van der Waals surface area contributed by atoms with Gasteiger partial charge in [-0.1, -0.05) is 30.7 Å². The first-order valence-corrected chi connectivity index (χ1v) is 12.5. The number of hydrogen-bond acceptors (Lipinski definition) is 5. The highest BCUT2D eigenvalue weighted by atomic mass is 32.2. The summed E-state index contributed by atoms with van der Waals surface area (Å²) in [5, 5.41) is 8.00. The second-order valence-electron chi connectivity index (χ2n) is 7.64. The van der Waals surface area contributed by atoms with Crippen molar-refractivity contribution >= 4 is 27.3 Å². The van der Waals surface area contributed by atoms with Gasteiger partial charge < -0.3 is 10.6 Å². The van der Waals surface area contributed by atoms with E-state index in [1.165, 1.54) is 26.8 Å². The van der Waals surface area contributed by atoms with E-state index in [1.807, 2.05) is 12.1 Å². The number of piperidine rings is 1. The van der Waals surface area contributed by atoms with Gasteiger partial charge in [-0.25, -0.2) is 8.42 Å². The highest BCUT2D eigenvalue weighted by Gasteiger charge is 2.31. The SMILES string of the molecule is O=C(NC[C@H]1CCCCN1)c1sccc1S(=O)(=O)N1CCc2ccccc2CC1. The second-order valence-corrected chi connectivity index (χ2v) is 10.5. The molecular weight excluding hydrogens is 406 g/mol. The number of amides is 1. The predicted octanol–water partition coefficient (Wildman–Crippen LogP) is 2.41. The lowest BCUT2D eigenvalue weighted by Gasteiger charge is -2.23. The van der Waals surface area contributed by atoms with Crippen LogP contribution in [0.5, 0.6) is 0 Å². The number of nitrogens with zero attached hydrogens (tertiary/aromatic N) is 1. The van der Waals surface area contributed by atoms with Crippen LogP contribution in [0.1, 0.15) is 40.1 Å². The minimum Gasteiger partial charge on any atom is -0.350 e. The molecule has 2 aliphatic heterocycles. The van der Waals surface area contributed by atoms with Crippen molar-refractivity contribution in [1.29, 1.82) is 0 Å². The Morgan fingerprint density at radius 2 is 1.86 bits per heavy atom. The highest BCUT2D eigenvalue weighted by Crippen LogP contribution is 2.27. The van der Waals surface area contributed by atoms with E-state index in [0.717, 1.165) is 25.8 Å². The van der Waals surface area contributed by atoms with Crippen molar-refractivity contribution in [2.45, 2.75) is 43.0 Å². The Bertz CT molecular complexity index is 938. The van der Waals surface area contributed by atoms with Crippen molar-refractivity contribution in [3.05, 3.63) is 51.7 Å². The number of carbonyl (C=O) groups is 1. The molecule has 0 unspecified atom stereocenters. The third-order valence-electron chi connectivity index (χ3n) is 5.75. The maximum atomic E-state index is 13.3. The molecule has 1 saturated heterocycles. The fourth-order valence-electron chi connectivity index (χ4n) is 4.09. The molecule has 0 radical (unpaired) electrons. The maximum absolute atomic E-state index is 13.3. The number of rotatable bonds is 5. The second kappa shape index (κ2) is 8.95. The Morgan fingerprint density at radius 3 is 2.52 bits per heavy atom. The zero-order valence-corrected chi connectivity index (χ0v) is 18.0. The zero-order chi connectivity index (χ0) is 20.3. The number of fused-ring (bicyclic) bond motifs is 1. The van der Waals surface area contributed by atoms with Crippen LogP contribution in [0.4, 0.5) is 0 Å². The Labute approximate surface area is 176 Å². The molecule has 1 aromatic heterocycles. The van der Waals surface area contributed by atoms with Crippen LogP contribution in [0, 0.1) is 0 Å². The van der Waals surface area contributed by atoms with Gasteiger partial charge in [0.25, 0.3) is 5.91 Å². The number of thiophene rings is 1. The molecular formula is C21H27N3O3S2. The van der Waals surface area contributed by atoms with Gasteiger partial charge in [0.05, 0.1) is 0 Å². The van der Waals surface area contributed by atoms with Crippen molar-refractivity contribution in [2.24, 2.45) is 0 Å². The normalized spacial score (nSPS) is 20.6. The molecule has 2 aromatic rings. The lowest BCUT2D eigenvalue weighted by Crippen LogP contribution is -2.43. The van der Waals surface area contributed by atoms with Crippen molar-refractivity contribution in [3.63, 3.8) is 0 Å². The van der Waals surface area contributed by atoms with Gasteiger partial charge >= 0.3 is 0 Å². The standard InChI is InChI=1S/C21H27N3O3S2/c25-21(23-15-18-7-3-4-11-22-18)20-19(10-14-28-20)29(26,27)24-12-8-16-5-1-2-6-17(16)9-13-24/h1-2,5-6,10,14,18,22H,3-4,7-9,11-13,15H2,(H,23,25)/t18-/m1/s1. The van der Waals surface area contributed by atoms with E-state index < -0.39 is 10.0 Å². The summed E-state index contributed by atoms with van der Waals surface area (Å²) >= 11 is 1.19. The van der Waals surface area contributed by atoms with E-state index in [0.29, 0.717) is 32.5 Å². The number of benzene rings is 1. The van der Waals surface area contributed by atoms with Crippen LogP contribution < -0.4 is 10.6 Å². The summed E-state index contributed by atoms with van der Waals surface area (Å²) in [4.78, 5) is 13.1. The summed E-state index contributed by atoms with van der Waals surface area (Å²) in [7, 11) is -3.71. The van der Waals surface area contributed by atoms with Crippen LogP contribution in [0.3, 0.4) is 0 Å². The predicted molar refractivity (Wildman–Crippen MR) is 115 cm³/mol. The molecule has 4 rings (SSSR count). The molecule has 2 N–H and O–H groups in total. The van der Waals surface area contributed by atoms with Gasteiger partial charge in [0.15, 0.2) is 0 Å². The topological polar surface area (TPSA) is 78.5 Å². The Kier molecular flexibility index (Phi) is 6.34. The summed E-state index contributed by atoms with van der Waals surface area (Å²) in [6.07, 6.45) is 4.73. The summed E-state index contributed by atoms with van der Waals surface area (Å²) in [6, 6.07) is 9.93. The molecule has 8 heteroatoms. The summed E-state index contributed by atoms with van der Waals surface area (Å²) < 4.78 is 28.2. The molecule has 1 atom stereocenters. The van der Waals surface area contributed by atoms with E-state index >= 15 is 0 Å². The molecule has 3 heterocycles. The molecule has 29 heavy (non-hydrogen) atoms. The van der Waals surface area contributed by atoms with Gasteiger partial charge in [-0.05, 0) is 54.8 Å². The molecule has 0 spiro atoms. The van der Waals surface area contributed by atoms with E-state index in [-0.39, 0.29) is 21.7 Å². The lowest BCUT2D eigenvalue weighted by molar-refractivity contribution is 0.0948. The summed E-state index contributed by atoms with van der Waals surface area (Å²) in [6.45, 7) is 2.36. The van der Waals surface area contributed by atoms with Crippen molar-refractivity contribution < 1.29 is 13.2 Å². The minimum atomic E-state index is -3.71. The largest absolute Gasteiger partial charge is 0.350 e. The molecule has 6 nitrogen and oxygen atoms in total. The molecule has 156 valence electrons. The molecule has 1 amide bonds. The smallest absolute Gasteiger partial charge is 0.262 e. The quantitative estimate of drug-likeness (QED) is 0.759. The monoisotopic (exact) mass is 433 g/mol. The van der Waals surface area contributed by atoms with Gasteiger partial charge in [0.2, 0.25) is 10.0 Å². The van der Waals surface area contributed by atoms with Crippen LogP contribution >= 0.6 is 11.3 Å². The van der Waals surface area contributed by atoms with Gasteiger partial charge in [-0.3, -0.25) is 4.79 Å². The fourth-order valence-corrected chi connectivity index (χ4v) is 6.85. The Hall–Kier alpha value is -1.74. The average molecular weight is 434 g/mol. The number of sulfonamides is 1. The molecule has 2 aliphatic rings. The molecule has 1 aromatic carbocycles. The number of hydrogen-bond donors (Lipinski definition) is 2. The molecule has 1 fully saturated rings. The van der Waals surface area contributed by atoms with Crippen molar-refractivity contribution in [2.75, 3.05) is 26.2 Å². The van der Waals surface area contributed by atoms with Crippen molar-refractivity contribution in [3.8, 4) is 0 Å². The van der Waals surface area contributed by atoms with Gasteiger partial charge in [-0.2, -0.15) is 4.31 Å². The van der Waals surface area contributed by atoms with Gasteiger partial charge in [0.1, 0.15) is 9.77 Å². The number of nitrogens with one attached hydrogen (secondary N) is 2. The first-order valence-electron chi connectivity index (χ1n) is 10.2. The van der Waals surface area contributed by atoms with Crippen LogP contribution in [0.15, 0.2) is 40.6 Å². The summed E-state index contributed by atoms with van der Waals surface area (Å²) in [5.41, 5.74) is 2.40. The first kappa shape index (κ1) is 20.5. The Morgan fingerprint density at radius 1 is 1.14 bits per heavy atom. The number of carbonyl (C=O) groups excluding carboxylic acids is 1. The maximum Gasteiger partial charge on any atom is 0.262 e. The summed E-state index contributed by atoms with van der Waals surface area (Å²) in [5.74, 6) is -0.302. The minimum absolute atomic E-state index is 0.127. The van der Waals surface area contributed by atoms with Crippen LogP contribution in [0.2, 0.25) is 0 Å². The molecule has 0 saturated carbocycles. The van der Waals surface area contributed by atoms with Crippen LogP contribution in [0.25, 0.3) is 0 Å². The van der Waals surface area contributed by atoms with E-state index in [9.17, 15) is 13.2 Å². The van der Waals surface area contributed by atoms with Crippen molar-refractivity contribution in [1.82, 2.24) is 14.9 Å². The highest BCUT2D eigenvalue weighted by molar-refractivity contribution is 7.89. The van der Waals surface area contributed by atoms with E-state index in [1.54, 1.807) is 11.4 Å². The average Bonchev–Trinajstić information content (AvgIpc) is 3.14. The van der Waals surface area contributed by atoms with E-state index in [2.05, 4.69) is 22.8 Å². The first-order chi connectivity index (χ1) is 14.1. The third kappa shape index (κ3) is 4.55. The van der Waals surface area contributed by atoms with Crippen LogP contribution in [-0.4, -0.2) is 50.9 Å². The fraction of sp³-hybridized carbons (Fsp3) is 0.476. The lowest BCUT2D eigenvalue weighted by atomic mass is 10.0. The van der Waals surface area contributed by atoms with E-state index in [4.69, 9.17) is 0 Å². The van der Waals surface area contributed by atoms with Gasteiger partial charge in [-0.15, -0.1) is 11.3 Å². The van der Waals surface area contributed by atoms with Gasteiger partial charge in [0, 0.05) is 25.7 Å². The third-order valence-corrected chi connectivity index (χ3v) is 8.74. The molecule has 0 aliphatic carbocycles. The zero-order valence-electron chi connectivity index (χ0n) is 16.4.